The van der Waals surface area contributed by atoms with Gasteiger partial charge in [0.1, 0.15) is 5.75 Å². The van der Waals surface area contributed by atoms with Gasteiger partial charge in [0.25, 0.3) is 0 Å². The molecule has 0 aromatic heterocycles. The van der Waals surface area contributed by atoms with Crippen LogP contribution in [0.4, 0.5) is 0 Å². The zero-order valence-corrected chi connectivity index (χ0v) is 17.0. The summed E-state index contributed by atoms with van der Waals surface area (Å²) in [5, 5.41) is 12.2. The molecular weight excluding hydrogens is 380 g/mol. The summed E-state index contributed by atoms with van der Waals surface area (Å²) in [6.45, 7) is 2.57. The molecule has 1 aliphatic carbocycles. The summed E-state index contributed by atoms with van der Waals surface area (Å²) in [6, 6.07) is 17.4. The average Bonchev–Trinajstić information content (AvgIpc) is 3.43. The van der Waals surface area contributed by atoms with Crippen molar-refractivity contribution in [3.63, 3.8) is 0 Å². The van der Waals surface area contributed by atoms with E-state index in [0.717, 1.165) is 43.6 Å². The van der Waals surface area contributed by atoms with Crippen molar-refractivity contribution in [2.45, 2.75) is 37.1 Å². The summed E-state index contributed by atoms with van der Waals surface area (Å²) >= 11 is 0. The third-order valence-electron chi connectivity index (χ3n) is 6.08. The highest BCUT2D eigenvalue weighted by molar-refractivity contribution is 5.91. The SMILES string of the molecule is O=C(O)COc1cccc(C2(C(=O)NC(CN3CCCC3)c3ccccc3)CC2)c1. The van der Waals surface area contributed by atoms with E-state index in [2.05, 4.69) is 22.3 Å². The van der Waals surface area contributed by atoms with E-state index in [0.29, 0.717) is 5.75 Å². The van der Waals surface area contributed by atoms with Gasteiger partial charge in [-0.2, -0.15) is 0 Å². The lowest BCUT2D eigenvalue weighted by molar-refractivity contribution is -0.139. The number of carboxylic acid groups (broad SMARTS) is 1. The van der Waals surface area contributed by atoms with Gasteiger partial charge in [-0.1, -0.05) is 42.5 Å². The van der Waals surface area contributed by atoms with Crippen LogP contribution >= 0.6 is 0 Å². The van der Waals surface area contributed by atoms with Gasteiger partial charge in [0.2, 0.25) is 5.91 Å². The minimum absolute atomic E-state index is 0.0333. The Bertz CT molecular complexity index is 889. The molecule has 1 atom stereocenters. The Hall–Kier alpha value is -2.86. The molecule has 0 spiro atoms. The van der Waals surface area contributed by atoms with Gasteiger partial charge in [-0.25, -0.2) is 4.79 Å². The van der Waals surface area contributed by atoms with Crippen LogP contribution in [-0.4, -0.2) is 48.1 Å². The van der Waals surface area contributed by atoms with Crippen molar-refractivity contribution in [1.29, 1.82) is 0 Å². The summed E-state index contributed by atoms with van der Waals surface area (Å²) < 4.78 is 5.31. The number of carboxylic acids is 1. The normalized spacial score (nSPS) is 18.5. The van der Waals surface area contributed by atoms with E-state index in [4.69, 9.17) is 9.84 Å². The first-order chi connectivity index (χ1) is 14.6. The number of hydrogen-bond acceptors (Lipinski definition) is 4. The van der Waals surface area contributed by atoms with E-state index in [9.17, 15) is 9.59 Å². The summed E-state index contributed by atoms with van der Waals surface area (Å²) in [6.07, 6.45) is 3.99. The maximum atomic E-state index is 13.4. The first-order valence-corrected chi connectivity index (χ1v) is 10.6. The molecule has 2 fully saturated rings. The number of benzene rings is 2. The molecule has 1 saturated carbocycles. The number of ether oxygens (including phenoxy) is 1. The molecule has 1 unspecified atom stereocenters. The van der Waals surface area contributed by atoms with Crippen molar-refractivity contribution >= 4 is 11.9 Å². The fraction of sp³-hybridized carbons (Fsp3) is 0.417. The highest BCUT2D eigenvalue weighted by Gasteiger charge is 2.51. The number of likely N-dealkylation sites (tertiary alicyclic amines) is 1. The molecule has 1 saturated heterocycles. The van der Waals surface area contributed by atoms with Gasteiger partial charge in [0.05, 0.1) is 11.5 Å². The number of nitrogens with one attached hydrogen (secondary N) is 1. The highest BCUT2D eigenvalue weighted by Crippen LogP contribution is 2.49. The van der Waals surface area contributed by atoms with Gasteiger partial charge in [-0.15, -0.1) is 0 Å². The quantitative estimate of drug-likeness (QED) is 0.667. The second-order valence-electron chi connectivity index (χ2n) is 8.24. The minimum Gasteiger partial charge on any atom is -0.482 e. The van der Waals surface area contributed by atoms with E-state index in [1.807, 2.05) is 30.3 Å². The van der Waals surface area contributed by atoms with Crippen LogP contribution in [0.1, 0.15) is 42.9 Å². The van der Waals surface area contributed by atoms with E-state index >= 15 is 0 Å². The van der Waals surface area contributed by atoms with Crippen molar-refractivity contribution in [3.05, 3.63) is 65.7 Å². The number of rotatable bonds is 9. The molecule has 0 bridgehead atoms. The number of amides is 1. The van der Waals surface area contributed by atoms with E-state index in [1.54, 1.807) is 12.1 Å². The predicted molar refractivity (Wildman–Crippen MR) is 113 cm³/mol. The summed E-state index contributed by atoms with van der Waals surface area (Å²) in [5.41, 5.74) is 1.45. The zero-order valence-electron chi connectivity index (χ0n) is 17.0. The van der Waals surface area contributed by atoms with Gasteiger partial charge < -0.3 is 20.1 Å². The molecule has 30 heavy (non-hydrogen) atoms. The van der Waals surface area contributed by atoms with Crippen LogP contribution in [0.3, 0.4) is 0 Å². The Morgan fingerprint density at radius 1 is 1.07 bits per heavy atom. The second kappa shape index (κ2) is 8.88. The maximum Gasteiger partial charge on any atom is 0.341 e. The molecule has 6 nitrogen and oxygen atoms in total. The number of hydrogen-bond donors (Lipinski definition) is 2. The molecule has 6 heteroatoms. The standard InChI is InChI=1S/C24H28N2O4/c27-22(28)17-30-20-10-6-9-19(15-20)24(11-12-24)23(29)25-21(16-26-13-4-5-14-26)18-7-2-1-3-8-18/h1-3,6-10,15,21H,4-5,11-14,16-17H2,(H,25,29)(H,27,28). The number of nitrogens with zero attached hydrogens (tertiary/aromatic N) is 1. The first-order valence-electron chi connectivity index (χ1n) is 10.6. The molecule has 1 amide bonds. The molecule has 2 aliphatic rings. The lowest BCUT2D eigenvalue weighted by Gasteiger charge is -2.27. The Balaban J connectivity index is 1.50. The molecule has 2 aromatic rings. The third kappa shape index (κ3) is 4.65. The fourth-order valence-corrected chi connectivity index (χ4v) is 4.24. The van der Waals surface area contributed by atoms with Crippen molar-refractivity contribution in [2.75, 3.05) is 26.2 Å². The smallest absolute Gasteiger partial charge is 0.341 e. The molecule has 158 valence electrons. The average molecular weight is 408 g/mol. The van der Waals surface area contributed by atoms with Crippen LogP contribution in [0.25, 0.3) is 0 Å². The third-order valence-corrected chi connectivity index (χ3v) is 6.08. The lowest BCUT2D eigenvalue weighted by Crippen LogP contribution is -2.41. The van der Waals surface area contributed by atoms with Crippen LogP contribution in [0, 0.1) is 0 Å². The zero-order chi connectivity index (χ0) is 21.0. The Morgan fingerprint density at radius 2 is 1.80 bits per heavy atom. The second-order valence-corrected chi connectivity index (χ2v) is 8.24. The van der Waals surface area contributed by atoms with Crippen molar-refractivity contribution < 1.29 is 19.4 Å². The van der Waals surface area contributed by atoms with Gasteiger partial charge in [0.15, 0.2) is 6.61 Å². The van der Waals surface area contributed by atoms with Gasteiger partial charge >= 0.3 is 5.97 Å². The summed E-state index contributed by atoms with van der Waals surface area (Å²) in [7, 11) is 0. The van der Waals surface area contributed by atoms with E-state index in [1.165, 1.54) is 12.8 Å². The van der Waals surface area contributed by atoms with Gasteiger partial charge in [-0.05, 0) is 62.0 Å². The molecule has 0 radical (unpaired) electrons. The van der Waals surface area contributed by atoms with Crippen molar-refractivity contribution in [1.82, 2.24) is 10.2 Å². The molecule has 2 N–H and O–H groups in total. The topological polar surface area (TPSA) is 78.9 Å². The van der Waals surface area contributed by atoms with Crippen molar-refractivity contribution in [2.24, 2.45) is 0 Å². The van der Waals surface area contributed by atoms with E-state index in [-0.39, 0.29) is 11.9 Å². The van der Waals surface area contributed by atoms with Crippen LogP contribution in [-0.2, 0) is 15.0 Å². The molecule has 1 aliphatic heterocycles. The van der Waals surface area contributed by atoms with Gasteiger partial charge in [-0.3, -0.25) is 4.79 Å². The fourth-order valence-electron chi connectivity index (χ4n) is 4.24. The maximum absolute atomic E-state index is 13.4. The van der Waals surface area contributed by atoms with Crippen LogP contribution < -0.4 is 10.1 Å². The Labute approximate surface area is 176 Å². The van der Waals surface area contributed by atoms with Crippen LogP contribution in [0.5, 0.6) is 5.75 Å². The lowest BCUT2D eigenvalue weighted by atomic mass is 9.93. The Morgan fingerprint density at radius 3 is 2.47 bits per heavy atom. The molecule has 4 rings (SSSR count). The predicted octanol–water partition coefficient (Wildman–Crippen LogP) is 3.13. The number of carbonyl (C=O) groups excluding carboxylic acids is 1. The molecule has 1 heterocycles. The van der Waals surface area contributed by atoms with Crippen molar-refractivity contribution in [3.8, 4) is 5.75 Å². The minimum atomic E-state index is -1.02. The molecule has 2 aromatic carbocycles. The van der Waals surface area contributed by atoms with Gasteiger partial charge in [0, 0.05) is 6.54 Å². The largest absolute Gasteiger partial charge is 0.482 e. The number of aliphatic carboxylic acids is 1. The molecular formula is C24H28N2O4. The number of carbonyl (C=O) groups is 2. The van der Waals surface area contributed by atoms with Crippen LogP contribution in [0.2, 0.25) is 0 Å². The summed E-state index contributed by atoms with van der Waals surface area (Å²) in [5.74, 6) is -0.511. The summed E-state index contributed by atoms with van der Waals surface area (Å²) in [4.78, 5) is 26.6. The Kier molecular flexibility index (Phi) is 6.04. The van der Waals surface area contributed by atoms with E-state index < -0.39 is 18.0 Å². The monoisotopic (exact) mass is 408 g/mol. The van der Waals surface area contributed by atoms with Crippen LogP contribution in [0.15, 0.2) is 54.6 Å². The first kappa shape index (κ1) is 20.4. The highest BCUT2D eigenvalue weighted by atomic mass is 16.5.